The van der Waals surface area contributed by atoms with Gasteiger partial charge in [-0.2, -0.15) is 0 Å². The number of primary sulfonamides is 1. The Bertz CT molecular complexity index is 633. The summed E-state index contributed by atoms with van der Waals surface area (Å²) >= 11 is 3.00. The highest BCUT2D eigenvalue weighted by Crippen LogP contribution is 2.26. The molecule has 0 heterocycles. The molecule has 0 saturated carbocycles. The van der Waals surface area contributed by atoms with Crippen molar-refractivity contribution in [2.45, 2.75) is 31.6 Å². The Morgan fingerprint density at radius 2 is 2.05 bits per heavy atom. The molecule has 21 heavy (non-hydrogen) atoms. The molecule has 0 aliphatic rings. The molecule has 1 aromatic rings. The second kappa shape index (κ2) is 7.33. The van der Waals surface area contributed by atoms with Gasteiger partial charge in [-0.05, 0) is 46.8 Å². The molecule has 0 aliphatic carbocycles. The number of rotatable bonds is 6. The zero-order valence-corrected chi connectivity index (χ0v) is 14.2. The number of hydrogen-bond acceptors (Lipinski definition) is 3. The lowest BCUT2D eigenvalue weighted by Gasteiger charge is -2.10. The Labute approximate surface area is 132 Å². The Morgan fingerprint density at radius 1 is 1.43 bits per heavy atom. The zero-order chi connectivity index (χ0) is 16.2. The molecule has 0 bridgehead atoms. The average Bonchev–Trinajstić information content (AvgIpc) is 2.35. The van der Waals surface area contributed by atoms with Gasteiger partial charge >= 0.3 is 0 Å². The molecule has 1 aromatic carbocycles. The first-order chi connectivity index (χ1) is 9.62. The van der Waals surface area contributed by atoms with Crippen molar-refractivity contribution < 1.29 is 17.6 Å². The number of benzene rings is 1. The molecule has 118 valence electrons. The maximum atomic E-state index is 13.5. The minimum absolute atomic E-state index is 0.0345. The van der Waals surface area contributed by atoms with Crippen molar-refractivity contribution in [1.82, 2.24) is 5.32 Å². The number of nitrogens with one attached hydrogen (secondary N) is 1. The van der Waals surface area contributed by atoms with E-state index in [4.69, 9.17) is 5.14 Å². The number of halogens is 2. The monoisotopic (exact) mass is 380 g/mol. The van der Waals surface area contributed by atoms with Crippen LogP contribution in [0.2, 0.25) is 0 Å². The summed E-state index contributed by atoms with van der Waals surface area (Å²) in [6.07, 6.45) is 1.74. The van der Waals surface area contributed by atoms with Gasteiger partial charge in [0.1, 0.15) is 5.82 Å². The smallest absolute Gasteiger partial charge is 0.252 e. The first-order valence-corrected chi connectivity index (χ1v) is 8.77. The normalized spacial score (nSPS) is 11.7. The molecule has 0 atom stereocenters. The van der Waals surface area contributed by atoms with Crippen molar-refractivity contribution in [2.24, 2.45) is 11.1 Å². The maximum Gasteiger partial charge on any atom is 0.252 e. The second-order valence-electron chi connectivity index (χ2n) is 5.10. The minimum Gasteiger partial charge on any atom is -0.352 e. The summed E-state index contributed by atoms with van der Waals surface area (Å²) in [6.45, 7) is 4.58. The van der Waals surface area contributed by atoms with Crippen molar-refractivity contribution in [2.75, 3.05) is 6.54 Å². The van der Waals surface area contributed by atoms with Gasteiger partial charge in [0.15, 0.2) is 0 Å². The maximum absolute atomic E-state index is 13.5. The van der Waals surface area contributed by atoms with Crippen LogP contribution in [0.5, 0.6) is 0 Å². The molecule has 0 fully saturated rings. The third-order valence-electron chi connectivity index (χ3n) is 2.80. The topological polar surface area (TPSA) is 89.3 Å². The molecule has 0 aromatic heterocycles. The van der Waals surface area contributed by atoms with Crippen molar-refractivity contribution in [3.8, 4) is 0 Å². The first kappa shape index (κ1) is 18.1. The van der Waals surface area contributed by atoms with Crippen molar-refractivity contribution in [1.29, 1.82) is 0 Å². The molecule has 8 heteroatoms. The highest BCUT2D eigenvalue weighted by atomic mass is 79.9. The van der Waals surface area contributed by atoms with Crippen molar-refractivity contribution in [3.63, 3.8) is 0 Å². The van der Waals surface area contributed by atoms with Crippen LogP contribution in [0.1, 0.15) is 37.0 Å². The van der Waals surface area contributed by atoms with Gasteiger partial charge in [0, 0.05) is 6.54 Å². The van der Waals surface area contributed by atoms with Gasteiger partial charge in [0.05, 0.1) is 14.9 Å². The predicted molar refractivity (Wildman–Crippen MR) is 81.9 cm³/mol. The molecule has 0 spiro atoms. The average molecular weight is 381 g/mol. The van der Waals surface area contributed by atoms with Crippen LogP contribution < -0.4 is 10.5 Å². The van der Waals surface area contributed by atoms with Crippen LogP contribution in [0.15, 0.2) is 21.5 Å². The lowest BCUT2D eigenvalue weighted by molar-refractivity contribution is 0.0951. The van der Waals surface area contributed by atoms with Gasteiger partial charge in [0.2, 0.25) is 10.0 Å². The van der Waals surface area contributed by atoms with Crippen LogP contribution in [-0.2, 0) is 10.0 Å². The zero-order valence-electron chi connectivity index (χ0n) is 11.8. The fraction of sp³-hybridized carbons (Fsp3) is 0.462. The lowest BCUT2D eigenvalue weighted by atomic mass is 10.1. The SMILES string of the molecule is CC(C)CCCNC(=O)c1cc(F)cc(S(N)(=O)=O)c1Br. The second-order valence-corrected chi connectivity index (χ2v) is 7.43. The van der Waals surface area contributed by atoms with Gasteiger partial charge in [0.25, 0.3) is 5.91 Å². The van der Waals surface area contributed by atoms with E-state index < -0.39 is 26.6 Å². The van der Waals surface area contributed by atoms with E-state index in [0.717, 1.165) is 25.0 Å². The van der Waals surface area contributed by atoms with Crippen molar-refractivity contribution in [3.05, 3.63) is 28.0 Å². The quantitative estimate of drug-likeness (QED) is 0.742. The van der Waals surface area contributed by atoms with E-state index in [1.165, 1.54) is 0 Å². The molecule has 0 aliphatic heterocycles. The predicted octanol–water partition coefficient (Wildman–Crippen LogP) is 2.40. The van der Waals surface area contributed by atoms with E-state index in [0.29, 0.717) is 12.5 Å². The number of sulfonamides is 1. The molecular weight excluding hydrogens is 363 g/mol. The van der Waals surface area contributed by atoms with Crippen LogP contribution in [0.4, 0.5) is 4.39 Å². The summed E-state index contributed by atoms with van der Waals surface area (Å²) in [5.41, 5.74) is -0.0939. The molecular formula is C13H18BrFN2O3S. The third kappa shape index (κ3) is 5.37. The van der Waals surface area contributed by atoms with Crippen LogP contribution in [0, 0.1) is 11.7 Å². The Balaban J connectivity index is 2.93. The number of nitrogens with two attached hydrogens (primary N) is 1. The summed E-state index contributed by atoms with van der Waals surface area (Å²) in [4.78, 5) is 11.5. The van der Waals surface area contributed by atoms with Gasteiger partial charge in [-0.25, -0.2) is 17.9 Å². The fourth-order valence-corrected chi connectivity index (χ4v) is 3.47. The molecule has 0 unspecified atom stereocenters. The van der Waals surface area contributed by atoms with Gasteiger partial charge in [-0.1, -0.05) is 13.8 Å². The molecule has 1 rings (SSSR count). The van der Waals surface area contributed by atoms with Gasteiger partial charge in [-0.15, -0.1) is 0 Å². The van der Waals surface area contributed by atoms with E-state index in [1.54, 1.807) is 0 Å². The van der Waals surface area contributed by atoms with E-state index in [-0.39, 0.29) is 10.0 Å². The van der Waals surface area contributed by atoms with Gasteiger partial charge < -0.3 is 5.32 Å². The van der Waals surface area contributed by atoms with E-state index in [1.807, 2.05) is 0 Å². The summed E-state index contributed by atoms with van der Waals surface area (Å²) in [5.74, 6) is -0.860. The highest BCUT2D eigenvalue weighted by Gasteiger charge is 2.21. The number of amides is 1. The summed E-state index contributed by atoms with van der Waals surface area (Å²) in [7, 11) is -4.12. The molecule has 3 N–H and O–H groups in total. The fourth-order valence-electron chi connectivity index (χ4n) is 1.74. The highest BCUT2D eigenvalue weighted by molar-refractivity contribution is 9.10. The van der Waals surface area contributed by atoms with E-state index in [9.17, 15) is 17.6 Å². The summed E-state index contributed by atoms with van der Waals surface area (Å²) in [6, 6.07) is 1.74. The van der Waals surface area contributed by atoms with E-state index in [2.05, 4.69) is 35.1 Å². The molecule has 1 amide bonds. The third-order valence-corrected chi connectivity index (χ3v) is 4.85. The summed E-state index contributed by atoms with van der Waals surface area (Å²) < 4.78 is 36.2. The van der Waals surface area contributed by atoms with Crippen LogP contribution in [0.25, 0.3) is 0 Å². The first-order valence-electron chi connectivity index (χ1n) is 6.43. The molecule has 0 radical (unpaired) electrons. The Morgan fingerprint density at radius 3 is 2.57 bits per heavy atom. The summed E-state index contributed by atoms with van der Waals surface area (Å²) in [5, 5.41) is 7.62. The Kier molecular flexibility index (Phi) is 6.30. The number of carbonyl (C=O) groups is 1. The minimum atomic E-state index is -4.12. The Hall–Kier alpha value is -0.990. The number of hydrogen-bond donors (Lipinski definition) is 2. The van der Waals surface area contributed by atoms with Crippen molar-refractivity contribution >= 4 is 31.9 Å². The molecule has 0 saturated heterocycles. The largest absolute Gasteiger partial charge is 0.352 e. The van der Waals surface area contributed by atoms with Gasteiger partial charge in [-0.3, -0.25) is 4.79 Å². The van der Waals surface area contributed by atoms with Crippen LogP contribution in [-0.4, -0.2) is 20.9 Å². The standard InChI is InChI=1S/C13H18BrFN2O3S/c1-8(2)4-3-5-17-13(18)10-6-9(15)7-11(12(10)14)21(16,19)20/h6-8H,3-5H2,1-2H3,(H,17,18)(H2,16,19,20). The van der Waals surface area contributed by atoms with Crippen LogP contribution in [0.3, 0.4) is 0 Å². The number of carbonyl (C=O) groups excluding carboxylic acids is 1. The lowest BCUT2D eigenvalue weighted by Crippen LogP contribution is -2.26. The van der Waals surface area contributed by atoms with E-state index >= 15 is 0 Å². The van der Waals surface area contributed by atoms with Crippen LogP contribution >= 0.6 is 15.9 Å². The molecule has 5 nitrogen and oxygen atoms in total.